The number of thiol groups is 1. The lowest BCUT2D eigenvalue weighted by molar-refractivity contribution is -0.137. The fourth-order valence-corrected chi connectivity index (χ4v) is 0.279. The predicted molar refractivity (Wildman–Crippen MR) is 34.8 cm³/mol. The summed E-state index contributed by atoms with van der Waals surface area (Å²) in [4.78, 5) is 10.5. The molecule has 2 nitrogen and oxygen atoms in total. The number of ether oxygens (including phenoxy) is 1. The molecule has 0 amide bonds. The first-order chi connectivity index (χ1) is 3.68. The molecule has 0 aromatic carbocycles. The standard InChI is InChI=1S/C5H8O2S/c1-3-7-5(6)4(2)8/h8H,2-3H2,1H3. The lowest BCUT2D eigenvalue weighted by atomic mass is 10.6. The highest BCUT2D eigenvalue weighted by Gasteiger charge is 1.99. The molecule has 0 saturated heterocycles. The fourth-order valence-electron chi connectivity index (χ4n) is 0.214. The Kier molecular flexibility index (Phi) is 3.35. The van der Waals surface area contributed by atoms with E-state index in [0.717, 1.165) is 0 Å². The summed E-state index contributed by atoms with van der Waals surface area (Å²) in [6.07, 6.45) is 0. The van der Waals surface area contributed by atoms with Gasteiger partial charge in [-0.3, -0.25) is 0 Å². The first-order valence-corrected chi connectivity index (χ1v) is 2.68. The zero-order chi connectivity index (χ0) is 6.57. The van der Waals surface area contributed by atoms with Crippen molar-refractivity contribution in [3.05, 3.63) is 11.5 Å². The Morgan fingerprint density at radius 2 is 2.38 bits per heavy atom. The van der Waals surface area contributed by atoms with E-state index in [4.69, 9.17) is 0 Å². The third-order valence-corrected chi connectivity index (χ3v) is 0.694. The highest BCUT2D eigenvalue weighted by Crippen LogP contribution is 1.97. The highest BCUT2D eigenvalue weighted by atomic mass is 32.1. The maximum atomic E-state index is 10.3. The Morgan fingerprint density at radius 3 is 2.50 bits per heavy atom. The summed E-state index contributed by atoms with van der Waals surface area (Å²) < 4.78 is 4.49. The molecule has 0 aromatic heterocycles. The van der Waals surface area contributed by atoms with Crippen molar-refractivity contribution in [3.63, 3.8) is 0 Å². The minimum atomic E-state index is -0.448. The minimum Gasteiger partial charge on any atom is -0.462 e. The van der Waals surface area contributed by atoms with Gasteiger partial charge in [-0.25, -0.2) is 4.79 Å². The SMILES string of the molecule is C=C(S)C(=O)OCC. The van der Waals surface area contributed by atoms with Crippen molar-refractivity contribution in [2.75, 3.05) is 6.61 Å². The molecule has 0 heterocycles. The van der Waals surface area contributed by atoms with Gasteiger partial charge in [-0.15, -0.1) is 12.6 Å². The first kappa shape index (κ1) is 7.56. The van der Waals surface area contributed by atoms with Crippen LogP contribution in [-0.2, 0) is 9.53 Å². The van der Waals surface area contributed by atoms with Gasteiger partial charge >= 0.3 is 5.97 Å². The quantitative estimate of drug-likeness (QED) is 0.344. The minimum absolute atomic E-state index is 0.145. The van der Waals surface area contributed by atoms with E-state index in [-0.39, 0.29) is 4.91 Å². The van der Waals surface area contributed by atoms with E-state index >= 15 is 0 Å². The monoisotopic (exact) mass is 132 g/mol. The van der Waals surface area contributed by atoms with Crippen LogP contribution in [0.25, 0.3) is 0 Å². The Balaban J connectivity index is 3.49. The summed E-state index contributed by atoms with van der Waals surface area (Å²) in [6.45, 7) is 5.37. The zero-order valence-electron chi connectivity index (χ0n) is 4.68. The van der Waals surface area contributed by atoms with Crippen LogP contribution < -0.4 is 0 Å². The van der Waals surface area contributed by atoms with Crippen LogP contribution in [0.15, 0.2) is 11.5 Å². The van der Waals surface area contributed by atoms with Crippen LogP contribution in [0.1, 0.15) is 6.92 Å². The molecule has 0 radical (unpaired) electrons. The molecule has 0 aliphatic carbocycles. The number of carbonyl (C=O) groups excluding carboxylic acids is 1. The Bertz CT molecular complexity index is 109. The number of carbonyl (C=O) groups is 1. The maximum absolute atomic E-state index is 10.3. The number of hydrogen-bond acceptors (Lipinski definition) is 3. The van der Waals surface area contributed by atoms with Gasteiger partial charge in [-0.1, -0.05) is 6.58 Å². The zero-order valence-corrected chi connectivity index (χ0v) is 5.57. The summed E-state index contributed by atoms with van der Waals surface area (Å²) in [7, 11) is 0. The van der Waals surface area contributed by atoms with Crippen LogP contribution >= 0.6 is 12.6 Å². The molecule has 0 saturated carbocycles. The van der Waals surface area contributed by atoms with Gasteiger partial charge in [-0.05, 0) is 6.92 Å². The fraction of sp³-hybridized carbons (Fsp3) is 0.400. The van der Waals surface area contributed by atoms with E-state index in [1.165, 1.54) is 0 Å². The summed E-state index contributed by atoms with van der Waals surface area (Å²) in [6, 6.07) is 0. The largest absolute Gasteiger partial charge is 0.462 e. The van der Waals surface area contributed by atoms with Crippen LogP contribution in [-0.4, -0.2) is 12.6 Å². The van der Waals surface area contributed by atoms with Gasteiger partial charge in [0.15, 0.2) is 0 Å². The molecule has 46 valence electrons. The average molecular weight is 132 g/mol. The summed E-state index contributed by atoms with van der Waals surface area (Å²) in [5, 5.41) is 0. The molecule has 0 spiro atoms. The second-order valence-corrected chi connectivity index (χ2v) is 1.71. The molecule has 0 rings (SSSR count). The predicted octanol–water partition coefficient (Wildman–Crippen LogP) is 0.993. The van der Waals surface area contributed by atoms with Crippen molar-refractivity contribution in [2.24, 2.45) is 0 Å². The second-order valence-electron chi connectivity index (χ2n) is 1.17. The molecule has 0 bridgehead atoms. The molecule has 0 N–H and O–H groups in total. The highest BCUT2D eigenvalue weighted by molar-refractivity contribution is 7.85. The van der Waals surface area contributed by atoms with Crippen LogP contribution in [0.5, 0.6) is 0 Å². The van der Waals surface area contributed by atoms with Crippen molar-refractivity contribution in [1.82, 2.24) is 0 Å². The number of rotatable bonds is 2. The van der Waals surface area contributed by atoms with Gasteiger partial charge in [0.05, 0.1) is 11.5 Å². The Labute approximate surface area is 53.9 Å². The lowest BCUT2D eigenvalue weighted by Gasteiger charge is -1.96. The van der Waals surface area contributed by atoms with Crippen LogP contribution in [0.4, 0.5) is 0 Å². The number of esters is 1. The smallest absolute Gasteiger partial charge is 0.343 e. The third-order valence-electron chi connectivity index (χ3n) is 0.511. The van der Waals surface area contributed by atoms with Crippen molar-refractivity contribution in [1.29, 1.82) is 0 Å². The molecule has 0 unspecified atom stereocenters. The first-order valence-electron chi connectivity index (χ1n) is 2.23. The van der Waals surface area contributed by atoms with E-state index < -0.39 is 5.97 Å². The molecule has 0 fully saturated rings. The van der Waals surface area contributed by atoms with E-state index in [0.29, 0.717) is 6.61 Å². The van der Waals surface area contributed by atoms with Crippen molar-refractivity contribution in [2.45, 2.75) is 6.92 Å². The van der Waals surface area contributed by atoms with Crippen LogP contribution in [0.3, 0.4) is 0 Å². The van der Waals surface area contributed by atoms with Gasteiger partial charge in [0, 0.05) is 0 Å². The molecule has 0 atom stereocenters. The number of hydrogen-bond donors (Lipinski definition) is 1. The van der Waals surface area contributed by atoms with Gasteiger partial charge in [0.2, 0.25) is 0 Å². The molecular weight excluding hydrogens is 124 g/mol. The van der Waals surface area contributed by atoms with E-state index in [1.807, 2.05) is 0 Å². The topological polar surface area (TPSA) is 26.3 Å². The Hall–Kier alpha value is -0.440. The summed E-state index contributed by atoms with van der Waals surface area (Å²) >= 11 is 3.66. The second kappa shape index (κ2) is 3.55. The van der Waals surface area contributed by atoms with Gasteiger partial charge in [0.1, 0.15) is 0 Å². The van der Waals surface area contributed by atoms with Crippen LogP contribution in [0.2, 0.25) is 0 Å². The normalized spacial score (nSPS) is 8.25. The molecule has 8 heavy (non-hydrogen) atoms. The van der Waals surface area contributed by atoms with Crippen LogP contribution in [0, 0.1) is 0 Å². The van der Waals surface area contributed by atoms with Gasteiger partial charge in [-0.2, -0.15) is 0 Å². The summed E-state index contributed by atoms with van der Waals surface area (Å²) in [5.41, 5.74) is 0. The maximum Gasteiger partial charge on any atom is 0.343 e. The average Bonchev–Trinajstić information content (AvgIpc) is 1.67. The van der Waals surface area contributed by atoms with Gasteiger partial charge < -0.3 is 4.74 Å². The van der Waals surface area contributed by atoms with E-state index in [2.05, 4.69) is 23.9 Å². The van der Waals surface area contributed by atoms with E-state index in [1.54, 1.807) is 6.92 Å². The third kappa shape index (κ3) is 2.69. The van der Waals surface area contributed by atoms with Crippen molar-refractivity contribution in [3.8, 4) is 0 Å². The van der Waals surface area contributed by atoms with E-state index in [9.17, 15) is 4.79 Å². The molecule has 0 aliphatic heterocycles. The Morgan fingerprint density at radius 1 is 1.88 bits per heavy atom. The van der Waals surface area contributed by atoms with Crippen molar-refractivity contribution >= 4 is 18.6 Å². The molecular formula is C5H8O2S. The lowest BCUT2D eigenvalue weighted by Crippen LogP contribution is -2.01. The summed E-state index contributed by atoms with van der Waals surface area (Å²) in [5.74, 6) is -0.448. The molecule has 0 aromatic rings. The van der Waals surface area contributed by atoms with Crippen molar-refractivity contribution < 1.29 is 9.53 Å². The molecule has 0 aliphatic rings. The molecule has 3 heteroatoms. The van der Waals surface area contributed by atoms with Gasteiger partial charge in [0.25, 0.3) is 0 Å².